The summed E-state index contributed by atoms with van der Waals surface area (Å²) in [6.45, 7) is 5.46. The highest BCUT2D eigenvalue weighted by molar-refractivity contribution is 7.84. The summed E-state index contributed by atoms with van der Waals surface area (Å²) in [5.74, 6) is 0. The molecule has 0 saturated heterocycles. The van der Waals surface area contributed by atoms with Crippen molar-refractivity contribution in [2.75, 3.05) is 6.26 Å². The summed E-state index contributed by atoms with van der Waals surface area (Å²) in [6, 6.07) is 7.09. The molecule has 1 aromatic rings. The normalized spacial score (nSPS) is 13.0. The number of hydrogen-bond acceptors (Lipinski definition) is 1. The Morgan fingerprint density at radius 3 is 2.60 bits per heavy atom. The Balaban J connectivity index is 3.07. The summed E-state index contributed by atoms with van der Waals surface area (Å²) >= 11 is 0. The molecule has 0 heterocycles. The first-order chi connectivity index (χ1) is 4.70. The fraction of sp³-hybridized carbons (Fsp3) is 0.125. The lowest BCUT2D eigenvalue weighted by Crippen LogP contribution is -1.86. The smallest absolute Gasteiger partial charge is 0.0498 e. The van der Waals surface area contributed by atoms with Gasteiger partial charge in [0.2, 0.25) is 0 Å². The summed E-state index contributed by atoms with van der Waals surface area (Å²) in [7, 11) is -0.919. The summed E-state index contributed by atoms with van der Waals surface area (Å²) in [4.78, 5) is 0.778. The van der Waals surface area contributed by atoms with E-state index in [1.54, 1.807) is 30.5 Å². The average molecular weight is 152 g/mol. The van der Waals surface area contributed by atoms with Crippen LogP contribution in [-0.4, -0.2) is 10.5 Å². The Morgan fingerprint density at radius 2 is 2.20 bits per heavy atom. The molecule has 1 rings (SSSR count). The van der Waals surface area contributed by atoms with Crippen molar-refractivity contribution in [3.8, 4) is 0 Å². The second kappa shape index (κ2) is 2.97. The van der Waals surface area contributed by atoms with E-state index >= 15 is 0 Å². The number of hydrogen-bond donors (Lipinski definition) is 0. The Bertz CT molecular complexity index is 255. The Kier molecular flexibility index (Phi) is 2.22. The lowest BCUT2D eigenvalue weighted by atomic mass is 10.2. The molecule has 10 heavy (non-hydrogen) atoms. The minimum Gasteiger partial charge on any atom is -0.255 e. The Labute approximate surface area is 63.5 Å². The zero-order chi connectivity index (χ0) is 7.56. The monoisotopic (exact) mass is 152 g/mol. The molecule has 0 aliphatic heterocycles. The third kappa shape index (κ3) is 1.67. The standard InChI is InChI=1S/C8H8OS/c1-7-4-3-5-8(6-7)10(2)9/h1,3-6H,2H3. The first-order valence-corrected chi connectivity index (χ1v) is 4.45. The molecule has 0 fully saturated rings. The second-order valence-corrected chi connectivity index (χ2v) is 3.41. The van der Waals surface area contributed by atoms with E-state index in [9.17, 15) is 4.21 Å². The predicted molar refractivity (Wildman–Crippen MR) is 42.2 cm³/mol. The van der Waals surface area contributed by atoms with Crippen LogP contribution in [0.25, 0.3) is 0 Å². The van der Waals surface area contributed by atoms with Crippen LogP contribution >= 0.6 is 0 Å². The Hall–Kier alpha value is -0.630. The average Bonchev–Trinajstić information content (AvgIpc) is 1.88. The third-order valence-corrected chi connectivity index (χ3v) is 2.11. The molecule has 1 unspecified atom stereocenters. The first kappa shape index (κ1) is 7.48. The summed E-state index contributed by atoms with van der Waals surface area (Å²) in [5.41, 5.74) is 0.660. The molecule has 52 valence electrons. The molecular formula is C8H8OS. The quantitative estimate of drug-likeness (QED) is 0.595. The van der Waals surface area contributed by atoms with E-state index in [0.29, 0.717) is 5.56 Å². The molecule has 1 aromatic carbocycles. The zero-order valence-corrected chi connectivity index (χ0v) is 6.52. The Morgan fingerprint density at radius 1 is 1.50 bits per heavy atom. The van der Waals surface area contributed by atoms with E-state index in [0.717, 1.165) is 4.90 Å². The van der Waals surface area contributed by atoms with Crippen LogP contribution in [0.15, 0.2) is 29.2 Å². The van der Waals surface area contributed by atoms with Crippen LogP contribution in [0.2, 0.25) is 0 Å². The van der Waals surface area contributed by atoms with Gasteiger partial charge in [-0.2, -0.15) is 0 Å². The molecule has 0 aliphatic carbocycles. The van der Waals surface area contributed by atoms with E-state index < -0.39 is 10.8 Å². The van der Waals surface area contributed by atoms with E-state index in [-0.39, 0.29) is 0 Å². The van der Waals surface area contributed by atoms with E-state index in [4.69, 9.17) is 6.92 Å². The lowest BCUT2D eigenvalue weighted by molar-refractivity contribution is 0.687. The van der Waals surface area contributed by atoms with Crippen LogP contribution in [0, 0.1) is 6.92 Å². The molecular weight excluding hydrogens is 144 g/mol. The van der Waals surface area contributed by atoms with Crippen LogP contribution < -0.4 is 0 Å². The van der Waals surface area contributed by atoms with Gasteiger partial charge in [-0.05, 0) is 24.6 Å². The van der Waals surface area contributed by atoms with Gasteiger partial charge >= 0.3 is 0 Å². The van der Waals surface area contributed by atoms with Crippen LogP contribution in [0.1, 0.15) is 5.56 Å². The molecule has 0 spiro atoms. The predicted octanol–water partition coefficient (Wildman–Crippen LogP) is 1.48. The maximum Gasteiger partial charge on any atom is 0.0498 e. The maximum atomic E-state index is 10.9. The van der Waals surface area contributed by atoms with E-state index in [1.807, 2.05) is 0 Å². The SMILES string of the molecule is [CH]c1cccc(S(C)=O)c1. The first-order valence-electron chi connectivity index (χ1n) is 2.89. The summed E-state index contributed by atoms with van der Waals surface area (Å²) < 4.78 is 10.9. The van der Waals surface area contributed by atoms with Gasteiger partial charge in [-0.15, -0.1) is 0 Å². The molecule has 0 bridgehead atoms. The molecule has 0 aliphatic rings. The van der Waals surface area contributed by atoms with Crippen molar-refractivity contribution in [2.24, 2.45) is 0 Å². The largest absolute Gasteiger partial charge is 0.255 e. The van der Waals surface area contributed by atoms with Crippen LogP contribution in [-0.2, 0) is 10.8 Å². The van der Waals surface area contributed by atoms with Crippen LogP contribution in [0.3, 0.4) is 0 Å². The molecule has 0 amide bonds. The number of benzene rings is 1. The third-order valence-electron chi connectivity index (χ3n) is 1.19. The van der Waals surface area contributed by atoms with Crippen molar-refractivity contribution < 1.29 is 4.21 Å². The summed E-state index contributed by atoms with van der Waals surface area (Å²) in [5, 5.41) is 0. The fourth-order valence-corrected chi connectivity index (χ4v) is 1.27. The molecule has 1 atom stereocenters. The molecule has 0 saturated carbocycles. The van der Waals surface area contributed by atoms with Crippen molar-refractivity contribution in [1.29, 1.82) is 0 Å². The van der Waals surface area contributed by atoms with Gasteiger partial charge in [-0.3, -0.25) is 4.21 Å². The minimum absolute atomic E-state index is 0.660. The topological polar surface area (TPSA) is 17.1 Å². The van der Waals surface area contributed by atoms with Crippen molar-refractivity contribution >= 4 is 10.8 Å². The molecule has 1 nitrogen and oxygen atoms in total. The number of rotatable bonds is 1. The highest BCUT2D eigenvalue weighted by atomic mass is 32.2. The highest BCUT2D eigenvalue weighted by Crippen LogP contribution is 2.06. The van der Waals surface area contributed by atoms with E-state index in [2.05, 4.69) is 0 Å². The van der Waals surface area contributed by atoms with Gasteiger partial charge < -0.3 is 0 Å². The van der Waals surface area contributed by atoms with Crippen molar-refractivity contribution in [3.05, 3.63) is 36.8 Å². The van der Waals surface area contributed by atoms with Crippen LogP contribution in [0.4, 0.5) is 0 Å². The van der Waals surface area contributed by atoms with Crippen molar-refractivity contribution in [3.63, 3.8) is 0 Å². The summed E-state index contributed by atoms with van der Waals surface area (Å²) in [6.07, 6.45) is 1.63. The highest BCUT2D eigenvalue weighted by Gasteiger charge is 1.94. The molecule has 0 N–H and O–H groups in total. The van der Waals surface area contributed by atoms with Gasteiger partial charge in [0, 0.05) is 22.0 Å². The molecule has 2 heteroatoms. The fourth-order valence-electron chi connectivity index (χ4n) is 0.693. The van der Waals surface area contributed by atoms with E-state index in [1.165, 1.54) is 0 Å². The van der Waals surface area contributed by atoms with Gasteiger partial charge in [0.05, 0.1) is 0 Å². The van der Waals surface area contributed by atoms with Gasteiger partial charge in [-0.25, -0.2) is 0 Å². The van der Waals surface area contributed by atoms with Gasteiger partial charge in [0.25, 0.3) is 0 Å². The maximum absolute atomic E-state index is 10.9. The van der Waals surface area contributed by atoms with Gasteiger partial charge in [0.15, 0.2) is 0 Å². The zero-order valence-electron chi connectivity index (χ0n) is 5.70. The lowest BCUT2D eigenvalue weighted by Gasteiger charge is -1.95. The molecule has 0 aromatic heterocycles. The molecule has 2 radical (unpaired) electrons. The van der Waals surface area contributed by atoms with Crippen molar-refractivity contribution in [2.45, 2.75) is 4.90 Å². The van der Waals surface area contributed by atoms with Gasteiger partial charge in [-0.1, -0.05) is 12.1 Å². The van der Waals surface area contributed by atoms with Gasteiger partial charge in [0.1, 0.15) is 0 Å². The second-order valence-electron chi connectivity index (χ2n) is 2.03. The van der Waals surface area contributed by atoms with Crippen LogP contribution in [0.5, 0.6) is 0 Å². The van der Waals surface area contributed by atoms with Crippen molar-refractivity contribution in [1.82, 2.24) is 0 Å². The minimum atomic E-state index is -0.919.